The molecular weight excluding hydrogens is 316 g/mol. The Bertz CT molecular complexity index is 884. The monoisotopic (exact) mass is 336 g/mol. The minimum Gasteiger partial charge on any atom is -0.464 e. The second-order valence-corrected chi connectivity index (χ2v) is 5.91. The lowest BCUT2D eigenvalue weighted by Gasteiger charge is -2.07. The lowest BCUT2D eigenvalue weighted by atomic mass is 10.1. The minimum atomic E-state index is -0.147. The number of carbonyl (C=O) groups excluding carboxylic acids is 2. The van der Waals surface area contributed by atoms with Crippen molar-refractivity contribution >= 4 is 22.8 Å². The van der Waals surface area contributed by atoms with E-state index >= 15 is 0 Å². The standard InChI is InChI=1S/C20H20N2O3/c1-14-7-8-17-16(13-25-18(17)11-14)12-19(23)21-9-10-22-20(24)15-5-3-2-4-6-15/h2-8,11,13H,9-10,12H2,1H3,(H,21,23)(H,22,24). The summed E-state index contributed by atoms with van der Waals surface area (Å²) in [4.78, 5) is 24.0. The molecule has 5 heteroatoms. The number of benzene rings is 2. The second kappa shape index (κ2) is 7.66. The second-order valence-electron chi connectivity index (χ2n) is 5.91. The molecular formula is C20H20N2O3. The summed E-state index contributed by atoms with van der Waals surface area (Å²) in [7, 11) is 0. The average molecular weight is 336 g/mol. The Morgan fingerprint density at radius 2 is 1.76 bits per heavy atom. The number of furan rings is 1. The third kappa shape index (κ3) is 4.26. The number of rotatable bonds is 6. The summed E-state index contributed by atoms with van der Waals surface area (Å²) in [6.07, 6.45) is 1.88. The molecule has 0 atom stereocenters. The summed E-state index contributed by atoms with van der Waals surface area (Å²) in [6, 6.07) is 14.9. The van der Waals surface area contributed by atoms with Crippen molar-refractivity contribution in [1.82, 2.24) is 10.6 Å². The van der Waals surface area contributed by atoms with Gasteiger partial charge in [0.1, 0.15) is 5.58 Å². The Morgan fingerprint density at radius 1 is 1.00 bits per heavy atom. The van der Waals surface area contributed by atoms with Crippen LogP contribution in [0, 0.1) is 6.92 Å². The number of aryl methyl sites for hydroxylation is 1. The van der Waals surface area contributed by atoms with Crippen LogP contribution in [0.4, 0.5) is 0 Å². The Morgan fingerprint density at radius 3 is 2.56 bits per heavy atom. The maximum absolute atomic E-state index is 12.1. The lowest BCUT2D eigenvalue weighted by Crippen LogP contribution is -2.35. The first kappa shape index (κ1) is 16.8. The summed E-state index contributed by atoms with van der Waals surface area (Å²) < 4.78 is 5.50. The Hall–Kier alpha value is -3.08. The summed E-state index contributed by atoms with van der Waals surface area (Å²) in [6.45, 7) is 2.76. The summed E-state index contributed by atoms with van der Waals surface area (Å²) in [5.41, 5.74) is 3.37. The van der Waals surface area contributed by atoms with Gasteiger partial charge in [-0.15, -0.1) is 0 Å². The van der Waals surface area contributed by atoms with Crippen LogP contribution >= 0.6 is 0 Å². The van der Waals surface area contributed by atoms with Gasteiger partial charge in [0.25, 0.3) is 5.91 Å². The third-order valence-corrected chi connectivity index (χ3v) is 3.93. The molecule has 25 heavy (non-hydrogen) atoms. The molecule has 0 unspecified atom stereocenters. The largest absolute Gasteiger partial charge is 0.464 e. The van der Waals surface area contributed by atoms with Gasteiger partial charge in [-0.05, 0) is 30.7 Å². The predicted molar refractivity (Wildman–Crippen MR) is 96.4 cm³/mol. The quantitative estimate of drug-likeness (QED) is 0.680. The van der Waals surface area contributed by atoms with Crippen molar-refractivity contribution in [2.75, 3.05) is 13.1 Å². The highest BCUT2D eigenvalue weighted by molar-refractivity contribution is 5.94. The minimum absolute atomic E-state index is 0.0998. The molecule has 0 aliphatic rings. The van der Waals surface area contributed by atoms with Crippen molar-refractivity contribution in [1.29, 1.82) is 0 Å². The molecule has 0 aliphatic heterocycles. The van der Waals surface area contributed by atoms with E-state index in [-0.39, 0.29) is 18.2 Å². The zero-order valence-corrected chi connectivity index (χ0v) is 14.0. The Balaban J connectivity index is 1.46. The van der Waals surface area contributed by atoms with Crippen molar-refractivity contribution < 1.29 is 14.0 Å². The van der Waals surface area contributed by atoms with Gasteiger partial charge in [-0.3, -0.25) is 9.59 Å². The van der Waals surface area contributed by atoms with Crippen LogP contribution in [0.1, 0.15) is 21.5 Å². The first-order chi connectivity index (χ1) is 12.1. The summed E-state index contributed by atoms with van der Waals surface area (Å²) >= 11 is 0. The van der Waals surface area contributed by atoms with Crippen molar-refractivity contribution in [3.8, 4) is 0 Å². The summed E-state index contributed by atoms with van der Waals surface area (Å²) in [5.74, 6) is -0.247. The van der Waals surface area contributed by atoms with E-state index in [9.17, 15) is 9.59 Å². The van der Waals surface area contributed by atoms with Crippen LogP contribution in [-0.4, -0.2) is 24.9 Å². The topological polar surface area (TPSA) is 71.3 Å². The number of nitrogens with one attached hydrogen (secondary N) is 2. The average Bonchev–Trinajstić information content (AvgIpc) is 3.01. The molecule has 2 N–H and O–H groups in total. The fourth-order valence-electron chi connectivity index (χ4n) is 2.63. The lowest BCUT2D eigenvalue weighted by molar-refractivity contribution is -0.120. The van der Waals surface area contributed by atoms with Crippen LogP contribution < -0.4 is 10.6 Å². The van der Waals surface area contributed by atoms with Gasteiger partial charge in [-0.1, -0.05) is 30.3 Å². The van der Waals surface area contributed by atoms with E-state index in [0.717, 1.165) is 22.1 Å². The molecule has 1 heterocycles. The molecule has 2 amide bonds. The van der Waals surface area contributed by atoms with E-state index in [2.05, 4.69) is 10.6 Å². The zero-order valence-electron chi connectivity index (χ0n) is 14.0. The van der Waals surface area contributed by atoms with Crippen molar-refractivity contribution in [3.05, 3.63) is 71.5 Å². The molecule has 0 radical (unpaired) electrons. The first-order valence-corrected chi connectivity index (χ1v) is 8.20. The zero-order chi connectivity index (χ0) is 17.6. The molecule has 3 aromatic rings. The van der Waals surface area contributed by atoms with Gasteiger partial charge >= 0.3 is 0 Å². The van der Waals surface area contributed by atoms with E-state index in [4.69, 9.17) is 4.42 Å². The number of hydrogen-bond acceptors (Lipinski definition) is 3. The van der Waals surface area contributed by atoms with Gasteiger partial charge in [0, 0.05) is 29.6 Å². The van der Waals surface area contributed by atoms with Gasteiger partial charge in [-0.25, -0.2) is 0 Å². The normalized spacial score (nSPS) is 10.6. The van der Waals surface area contributed by atoms with Crippen LogP contribution in [-0.2, 0) is 11.2 Å². The van der Waals surface area contributed by atoms with Crippen LogP contribution in [0.15, 0.2) is 59.2 Å². The molecule has 0 bridgehead atoms. The number of amides is 2. The van der Waals surface area contributed by atoms with Gasteiger partial charge in [-0.2, -0.15) is 0 Å². The molecule has 0 saturated heterocycles. The van der Waals surface area contributed by atoms with Crippen molar-refractivity contribution in [2.24, 2.45) is 0 Å². The predicted octanol–water partition coefficient (Wildman–Crippen LogP) is 2.83. The number of hydrogen-bond donors (Lipinski definition) is 2. The van der Waals surface area contributed by atoms with Crippen LogP contribution in [0.5, 0.6) is 0 Å². The van der Waals surface area contributed by atoms with Gasteiger partial charge in [0.05, 0.1) is 12.7 Å². The van der Waals surface area contributed by atoms with Gasteiger partial charge < -0.3 is 15.1 Å². The molecule has 0 saturated carbocycles. The maximum atomic E-state index is 12.1. The number of carbonyl (C=O) groups is 2. The smallest absolute Gasteiger partial charge is 0.251 e. The van der Waals surface area contributed by atoms with E-state index in [1.54, 1.807) is 18.4 Å². The van der Waals surface area contributed by atoms with Crippen LogP contribution in [0.2, 0.25) is 0 Å². The number of fused-ring (bicyclic) bond motifs is 1. The maximum Gasteiger partial charge on any atom is 0.251 e. The van der Waals surface area contributed by atoms with E-state index in [1.165, 1.54) is 0 Å². The summed E-state index contributed by atoms with van der Waals surface area (Å²) in [5, 5.41) is 6.54. The van der Waals surface area contributed by atoms with Crippen LogP contribution in [0.3, 0.4) is 0 Å². The molecule has 1 aromatic heterocycles. The van der Waals surface area contributed by atoms with E-state index in [1.807, 2.05) is 43.3 Å². The molecule has 5 nitrogen and oxygen atoms in total. The van der Waals surface area contributed by atoms with E-state index in [0.29, 0.717) is 18.7 Å². The molecule has 0 aliphatic carbocycles. The molecule has 3 rings (SSSR count). The highest BCUT2D eigenvalue weighted by Crippen LogP contribution is 2.22. The van der Waals surface area contributed by atoms with Crippen molar-refractivity contribution in [2.45, 2.75) is 13.3 Å². The van der Waals surface area contributed by atoms with E-state index < -0.39 is 0 Å². The Labute approximate surface area is 146 Å². The molecule has 128 valence electrons. The Kier molecular flexibility index (Phi) is 5.14. The molecule has 0 fully saturated rings. The van der Waals surface area contributed by atoms with Crippen molar-refractivity contribution in [3.63, 3.8) is 0 Å². The van der Waals surface area contributed by atoms with Crippen LogP contribution in [0.25, 0.3) is 11.0 Å². The molecule has 0 spiro atoms. The first-order valence-electron chi connectivity index (χ1n) is 8.20. The highest BCUT2D eigenvalue weighted by Gasteiger charge is 2.10. The SMILES string of the molecule is Cc1ccc2c(CC(=O)NCCNC(=O)c3ccccc3)coc2c1. The van der Waals surface area contributed by atoms with Gasteiger partial charge in [0.2, 0.25) is 5.91 Å². The highest BCUT2D eigenvalue weighted by atomic mass is 16.3. The fraction of sp³-hybridized carbons (Fsp3) is 0.200. The molecule has 2 aromatic carbocycles. The van der Waals surface area contributed by atoms with Gasteiger partial charge in [0.15, 0.2) is 0 Å². The third-order valence-electron chi connectivity index (χ3n) is 3.93. The fourth-order valence-corrected chi connectivity index (χ4v) is 2.63.